The van der Waals surface area contributed by atoms with Crippen molar-refractivity contribution in [3.05, 3.63) is 35.9 Å². The molecule has 0 bridgehead atoms. The predicted molar refractivity (Wildman–Crippen MR) is 64.7 cm³/mol. The van der Waals surface area contributed by atoms with Gasteiger partial charge in [0.15, 0.2) is 0 Å². The molecule has 82 valence electrons. The molecular weight excluding hydrogens is 172 g/mol. The van der Waals surface area contributed by atoms with E-state index < -0.39 is 0 Å². The smallest absolute Gasteiger partial charge is 0.0502 e. The number of hydrogen-bond acceptors (Lipinski definition) is 1. The molecule has 0 saturated heterocycles. The fraction of sp³-hybridized carbons (Fsp3) is 0.538. The molecule has 0 amide bonds. The normalized spacial score (nSPS) is 7.79. The Morgan fingerprint density at radius 3 is 1.86 bits per heavy atom. The highest BCUT2D eigenvalue weighted by atomic mass is 16.5. The van der Waals surface area contributed by atoms with E-state index in [2.05, 4.69) is 12.1 Å². The van der Waals surface area contributed by atoms with Crippen LogP contribution in [0.15, 0.2) is 30.3 Å². The molecule has 0 N–H and O–H groups in total. The van der Waals surface area contributed by atoms with Crippen molar-refractivity contribution in [2.24, 2.45) is 0 Å². The van der Waals surface area contributed by atoms with Gasteiger partial charge in [-0.2, -0.15) is 0 Å². The number of rotatable bonds is 3. The highest BCUT2D eigenvalue weighted by Gasteiger charge is 1.87. The molecule has 0 aromatic heterocycles. The molecule has 0 fully saturated rings. The van der Waals surface area contributed by atoms with E-state index in [0.717, 1.165) is 13.0 Å². The fourth-order valence-corrected chi connectivity index (χ4v) is 0.865. The third kappa shape index (κ3) is 9.27. The molecule has 1 aromatic rings. The van der Waals surface area contributed by atoms with Crippen LogP contribution in [0.25, 0.3) is 0 Å². The molecule has 0 radical (unpaired) electrons. The van der Waals surface area contributed by atoms with Crippen molar-refractivity contribution in [2.75, 3.05) is 13.7 Å². The van der Waals surface area contributed by atoms with Crippen molar-refractivity contribution in [2.45, 2.75) is 34.1 Å². The van der Waals surface area contributed by atoms with Crippen molar-refractivity contribution in [3.8, 4) is 0 Å². The van der Waals surface area contributed by atoms with Crippen LogP contribution in [-0.4, -0.2) is 13.7 Å². The molecule has 0 aliphatic heterocycles. The Morgan fingerprint density at radius 2 is 1.43 bits per heavy atom. The highest BCUT2D eigenvalue weighted by molar-refractivity contribution is 5.14. The Kier molecular flexibility index (Phi) is 16.4. The first-order chi connectivity index (χ1) is 6.93. The second-order valence-corrected chi connectivity index (χ2v) is 2.23. The topological polar surface area (TPSA) is 9.23 Å². The summed E-state index contributed by atoms with van der Waals surface area (Å²) in [5, 5.41) is 0. The van der Waals surface area contributed by atoms with Crippen LogP contribution < -0.4 is 0 Å². The SMILES string of the molecule is CC.CC.COCCc1ccccc1. The zero-order chi connectivity index (χ0) is 11.2. The summed E-state index contributed by atoms with van der Waals surface area (Å²) >= 11 is 0. The maximum absolute atomic E-state index is 4.95. The molecule has 0 spiro atoms. The molecule has 0 aliphatic carbocycles. The first-order valence-electron chi connectivity index (χ1n) is 5.46. The summed E-state index contributed by atoms with van der Waals surface area (Å²) in [7, 11) is 1.73. The summed E-state index contributed by atoms with van der Waals surface area (Å²) in [5.74, 6) is 0. The first kappa shape index (κ1) is 15.6. The molecule has 0 atom stereocenters. The van der Waals surface area contributed by atoms with Gasteiger partial charge in [0.1, 0.15) is 0 Å². The standard InChI is InChI=1S/C9H12O.2C2H6/c1-10-8-7-9-5-3-2-4-6-9;2*1-2/h2-6H,7-8H2,1H3;2*1-2H3. The van der Waals surface area contributed by atoms with Crippen molar-refractivity contribution in [3.63, 3.8) is 0 Å². The van der Waals surface area contributed by atoms with Crippen LogP contribution in [0.4, 0.5) is 0 Å². The highest BCUT2D eigenvalue weighted by Crippen LogP contribution is 1.98. The zero-order valence-electron chi connectivity index (χ0n) is 10.2. The van der Waals surface area contributed by atoms with Crippen LogP contribution >= 0.6 is 0 Å². The van der Waals surface area contributed by atoms with Gasteiger partial charge in [0.05, 0.1) is 6.61 Å². The van der Waals surface area contributed by atoms with E-state index in [0.29, 0.717) is 0 Å². The molecular formula is C13H24O. The van der Waals surface area contributed by atoms with E-state index in [1.807, 2.05) is 45.9 Å². The van der Waals surface area contributed by atoms with E-state index >= 15 is 0 Å². The Hall–Kier alpha value is -0.820. The lowest BCUT2D eigenvalue weighted by atomic mass is 10.2. The lowest BCUT2D eigenvalue weighted by Gasteiger charge is -1.97. The molecule has 0 saturated carbocycles. The van der Waals surface area contributed by atoms with Crippen molar-refractivity contribution in [1.82, 2.24) is 0 Å². The second-order valence-electron chi connectivity index (χ2n) is 2.23. The Balaban J connectivity index is 0. The van der Waals surface area contributed by atoms with E-state index in [9.17, 15) is 0 Å². The summed E-state index contributed by atoms with van der Waals surface area (Å²) in [6.07, 6.45) is 1.01. The molecule has 14 heavy (non-hydrogen) atoms. The van der Waals surface area contributed by atoms with Crippen LogP contribution in [0, 0.1) is 0 Å². The van der Waals surface area contributed by atoms with Crippen molar-refractivity contribution >= 4 is 0 Å². The summed E-state index contributed by atoms with van der Waals surface area (Å²) in [5.41, 5.74) is 1.34. The second kappa shape index (κ2) is 14.7. The molecule has 1 aromatic carbocycles. The van der Waals surface area contributed by atoms with Gasteiger partial charge in [0.25, 0.3) is 0 Å². The lowest BCUT2D eigenvalue weighted by molar-refractivity contribution is 0.202. The van der Waals surface area contributed by atoms with Crippen LogP contribution in [-0.2, 0) is 11.2 Å². The Morgan fingerprint density at radius 1 is 0.929 bits per heavy atom. The molecule has 1 nitrogen and oxygen atoms in total. The van der Waals surface area contributed by atoms with E-state index in [4.69, 9.17) is 4.74 Å². The lowest BCUT2D eigenvalue weighted by Crippen LogP contribution is -1.92. The van der Waals surface area contributed by atoms with Crippen LogP contribution in [0.5, 0.6) is 0 Å². The van der Waals surface area contributed by atoms with Gasteiger partial charge in [-0.15, -0.1) is 0 Å². The predicted octanol–water partition coefficient (Wildman–Crippen LogP) is 3.93. The first-order valence-corrected chi connectivity index (χ1v) is 5.46. The quantitative estimate of drug-likeness (QED) is 0.711. The van der Waals surface area contributed by atoms with Gasteiger partial charge in [0.2, 0.25) is 0 Å². The molecule has 1 rings (SSSR count). The van der Waals surface area contributed by atoms with Gasteiger partial charge in [-0.1, -0.05) is 58.0 Å². The minimum absolute atomic E-state index is 0.810. The third-order valence-electron chi connectivity index (χ3n) is 1.44. The van der Waals surface area contributed by atoms with Gasteiger partial charge >= 0.3 is 0 Å². The maximum atomic E-state index is 4.95. The van der Waals surface area contributed by atoms with Crippen molar-refractivity contribution in [1.29, 1.82) is 0 Å². The summed E-state index contributed by atoms with van der Waals surface area (Å²) in [6.45, 7) is 8.81. The molecule has 1 heteroatoms. The number of benzene rings is 1. The Labute approximate surface area is 89.1 Å². The average Bonchev–Trinajstić information content (AvgIpc) is 2.33. The summed E-state index contributed by atoms with van der Waals surface area (Å²) in [6, 6.07) is 10.3. The van der Waals surface area contributed by atoms with Crippen LogP contribution in [0.1, 0.15) is 33.3 Å². The summed E-state index contributed by atoms with van der Waals surface area (Å²) < 4.78 is 4.95. The third-order valence-corrected chi connectivity index (χ3v) is 1.44. The zero-order valence-corrected chi connectivity index (χ0v) is 10.2. The van der Waals surface area contributed by atoms with E-state index in [1.165, 1.54) is 5.56 Å². The van der Waals surface area contributed by atoms with Gasteiger partial charge < -0.3 is 4.74 Å². The van der Waals surface area contributed by atoms with Crippen molar-refractivity contribution < 1.29 is 4.74 Å². The minimum atomic E-state index is 0.810. The minimum Gasteiger partial charge on any atom is -0.384 e. The fourth-order valence-electron chi connectivity index (χ4n) is 0.865. The number of hydrogen-bond donors (Lipinski definition) is 0. The van der Waals surface area contributed by atoms with Crippen LogP contribution in [0.2, 0.25) is 0 Å². The van der Waals surface area contributed by atoms with Gasteiger partial charge in [-0.05, 0) is 12.0 Å². The summed E-state index contributed by atoms with van der Waals surface area (Å²) in [4.78, 5) is 0. The largest absolute Gasteiger partial charge is 0.384 e. The molecule has 0 unspecified atom stereocenters. The van der Waals surface area contributed by atoms with Gasteiger partial charge in [-0.25, -0.2) is 0 Å². The van der Waals surface area contributed by atoms with Crippen LogP contribution in [0.3, 0.4) is 0 Å². The number of ether oxygens (including phenoxy) is 1. The average molecular weight is 196 g/mol. The molecule has 0 heterocycles. The number of methoxy groups -OCH3 is 1. The molecule has 0 aliphatic rings. The van der Waals surface area contributed by atoms with Gasteiger partial charge in [-0.3, -0.25) is 0 Å². The monoisotopic (exact) mass is 196 g/mol. The van der Waals surface area contributed by atoms with E-state index in [-0.39, 0.29) is 0 Å². The maximum Gasteiger partial charge on any atom is 0.0502 e. The van der Waals surface area contributed by atoms with Gasteiger partial charge in [0, 0.05) is 7.11 Å². The Bertz CT molecular complexity index is 170. The van der Waals surface area contributed by atoms with E-state index in [1.54, 1.807) is 7.11 Å².